The lowest BCUT2D eigenvalue weighted by Crippen LogP contribution is -2.15. The maximum Gasteiger partial charge on any atom is 0.0771 e. The number of nitrogens with zero attached hydrogens (tertiary/aromatic N) is 2. The van der Waals surface area contributed by atoms with E-state index in [2.05, 4.69) is 42.6 Å². The molecule has 0 aliphatic carbocycles. The van der Waals surface area contributed by atoms with Gasteiger partial charge in [-0.15, -0.1) is 11.3 Å². The second-order valence-corrected chi connectivity index (χ2v) is 6.72. The van der Waals surface area contributed by atoms with Gasteiger partial charge in [0.2, 0.25) is 0 Å². The maximum absolute atomic E-state index is 5.64. The van der Waals surface area contributed by atoms with Crippen molar-refractivity contribution in [3.63, 3.8) is 0 Å². The number of aromatic nitrogens is 2. The van der Waals surface area contributed by atoms with Crippen molar-refractivity contribution in [1.29, 1.82) is 0 Å². The summed E-state index contributed by atoms with van der Waals surface area (Å²) < 4.78 is 7.62. The van der Waals surface area contributed by atoms with Crippen LogP contribution in [0.3, 0.4) is 0 Å². The third-order valence-electron chi connectivity index (χ3n) is 3.62. The molecule has 0 aromatic carbocycles. The minimum absolute atomic E-state index is 0.314. The van der Waals surface area contributed by atoms with Gasteiger partial charge in [-0.2, -0.15) is 5.10 Å². The highest BCUT2D eigenvalue weighted by molar-refractivity contribution is 7.12. The molecule has 4 nitrogen and oxygen atoms in total. The molecule has 0 spiro atoms. The van der Waals surface area contributed by atoms with Crippen LogP contribution < -0.4 is 5.32 Å². The summed E-state index contributed by atoms with van der Waals surface area (Å²) in [5.74, 6) is 0. The lowest BCUT2D eigenvalue weighted by Gasteiger charge is -2.11. The van der Waals surface area contributed by atoms with Crippen molar-refractivity contribution in [3.05, 3.63) is 34.3 Å². The molecule has 1 fully saturated rings. The van der Waals surface area contributed by atoms with E-state index in [1.165, 1.54) is 16.2 Å². The zero-order valence-corrected chi connectivity index (χ0v) is 12.8. The summed E-state index contributed by atoms with van der Waals surface area (Å²) in [6.45, 7) is 6.07. The van der Waals surface area contributed by atoms with Crippen LogP contribution in [0.2, 0.25) is 0 Å². The Bertz CT molecular complexity index is 557. The molecule has 2 unspecified atom stereocenters. The fourth-order valence-electron chi connectivity index (χ4n) is 2.54. The first kappa shape index (κ1) is 13.6. The minimum Gasteiger partial charge on any atom is -0.376 e. The van der Waals surface area contributed by atoms with E-state index >= 15 is 0 Å². The van der Waals surface area contributed by atoms with Crippen LogP contribution in [0.15, 0.2) is 24.5 Å². The molecule has 2 atom stereocenters. The molecule has 1 N–H and O–H groups in total. The van der Waals surface area contributed by atoms with Crippen molar-refractivity contribution in [1.82, 2.24) is 9.78 Å². The van der Waals surface area contributed by atoms with Gasteiger partial charge >= 0.3 is 0 Å². The molecule has 0 bridgehead atoms. The normalized spacial score (nSPS) is 20.2. The van der Waals surface area contributed by atoms with Gasteiger partial charge in [-0.1, -0.05) is 0 Å². The lowest BCUT2D eigenvalue weighted by molar-refractivity contribution is 0.0940. The quantitative estimate of drug-likeness (QED) is 0.914. The Kier molecular flexibility index (Phi) is 4.08. The van der Waals surface area contributed by atoms with Crippen molar-refractivity contribution < 1.29 is 4.74 Å². The Morgan fingerprint density at radius 3 is 3.15 bits per heavy atom. The van der Waals surface area contributed by atoms with Crippen LogP contribution in [-0.2, 0) is 11.3 Å². The molecular formula is C15H21N3OS. The van der Waals surface area contributed by atoms with Crippen LogP contribution in [0.4, 0.5) is 5.69 Å². The smallest absolute Gasteiger partial charge is 0.0771 e. The van der Waals surface area contributed by atoms with Gasteiger partial charge in [-0.25, -0.2) is 0 Å². The molecule has 1 aliphatic heterocycles. The number of anilines is 1. The van der Waals surface area contributed by atoms with E-state index in [1.807, 2.05) is 22.2 Å². The molecule has 108 valence electrons. The number of hydrogen-bond acceptors (Lipinski definition) is 4. The van der Waals surface area contributed by atoms with E-state index in [-0.39, 0.29) is 0 Å². The summed E-state index contributed by atoms with van der Waals surface area (Å²) in [4.78, 5) is 2.71. The Morgan fingerprint density at radius 1 is 1.55 bits per heavy atom. The summed E-state index contributed by atoms with van der Waals surface area (Å²) in [5.41, 5.74) is 1.07. The minimum atomic E-state index is 0.314. The SMILES string of the molecule is Cc1ccc(C(C)Nc2cnn(CC3CCCO3)c2)s1. The molecule has 3 rings (SSSR count). The molecule has 1 saturated heterocycles. The Balaban J connectivity index is 1.59. The van der Waals surface area contributed by atoms with Gasteiger partial charge < -0.3 is 10.1 Å². The van der Waals surface area contributed by atoms with Crippen LogP contribution in [0.1, 0.15) is 35.6 Å². The highest BCUT2D eigenvalue weighted by atomic mass is 32.1. The van der Waals surface area contributed by atoms with Gasteiger partial charge in [0.25, 0.3) is 0 Å². The largest absolute Gasteiger partial charge is 0.376 e. The zero-order chi connectivity index (χ0) is 13.9. The number of aryl methyl sites for hydroxylation is 1. The second kappa shape index (κ2) is 5.97. The standard InChI is InChI=1S/C15H21N3OS/c1-11-5-6-15(20-11)12(2)17-13-8-16-18(9-13)10-14-4-3-7-19-14/h5-6,8-9,12,14,17H,3-4,7,10H2,1-2H3. The van der Waals surface area contributed by atoms with Gasteiger partial charge in [0.1, 0.15) is 0 Å². The first-order valence-corrected chi connectivity index (χ1v) is 7.99. The molecule has 3 heterocycles. The lowest BCUT2D eigenvalue weighted by atomic mass is 10.2. The second-order valence-electron chi connectivity index (χ2n) is 5.40. The van der Waals surface area contributed by atoms with Gasteiger partial charge in [0.05, 0.1) is 30.6 Å². The van der Waals surface area contributed by atoms with E-state index < -0.39 is 0 Å². The molecule has 1 aliphatic rings. The van der Waals surface area contributed by atoms with Crippen LogP contribution in [0.5, 0.6) is 0 Å². The number of hydrogen-bond donors (Lipinski definition) is 1. The van der Waals surface area contributed by atoms with Crippen LogP contribution >= 0.6 is 11.3 Å². The number of nitrogens with one attached hydrogen (secondary N) is 1. The van der Waals surface area contributed by atoms with Crippen LogP contribution in [0, 0.1) is 6.92 Å². The third kappa shape index (κ3) is 3.22. The van der Waals surface area contributed by atoms with E-state index in [4.69, 9.17) is 4.74 Å². The summed E-state index contributed by atoms with van der Waals surface area (Å²) in [6.07, 6.45) is 6.62. The monoisotopic (exact) mass is 291 g/mol. The number of rotatable bonds is 5. The van der Waals surface area contributed by atoms with Gasteiger partial charge in [0.15, 0.2) is 0 Å². The first-order chi connectivity index (χ1) is 9.70. The highest BCUT2D eigenvalue weighted by Gasteiger charge is 2.16. The average Bonchev–Trinajstić information content (AvgIpc) is 3.13. The van der Waals surface area contributed by atoms with E-state index in [0.29, 0.717) is 12.1 Å². The van der Waals surface area contributed by atoms with Gasteiger partial charge in [-0.3, -0.25) is 4.68 Å². The highest BCUT2D eigenvalue weighted by Crippen LogP contribution is 2.25. The molecule has 20 heavy (non-hydrogen) atoms. The van der Waals surface area contributed by atoms with Gasteiger partial charge in [0, 0.05) is 22.6 Å². The predicted molar refractivity (Wildman–Crippen MR) is 82.3 cm³/mol. The first-order valence-electron chi connectivity index (χ1n) is 7.17. The third-order valence-corrected chi connectivity index (χ3v) is 4.80. The molecule has 0 radical (unpaired) electrons. The van der Waals surface area contributed by atoms with Crippen LogP contribution in [0.25, 0.3) is 0 Å². The average molecular weight is 291 g/mol. The van der Waals surface area contributed by atoms with Crippen molar-refractivity contribution in [2.75, 3.05) is 11.9 Å². The topological polar surface area (TPSA) is 39.1 Å². The van der Waals surface area contributed by atoms with Crippen LogP contribution in [-0.4, -0.2) is 22.5 Å². The summed E-state index contributed by atoms with van der Waals surface area (Å²) in [7, 11) is 0. The molecule has 2 aromatic heterocycles. The molecule has 2 aromatic rings. The summed E-state index contributed by atoms with van der Waals surface area (Å²) in [6, 6.07) is 4.67. The van der Waals surface area contributed by atoms with E-state index in [1.54, 1.807) is 0 Å². The Labute approximate surface area is 123 Å². The van der Waals surface area contributed by atoms with Crippen molar-refractivity contribution >= 4 is 17.0 Å². The fraction of sp³-hybridized carbons (Fsp3) is 0.533. The predicted octanol–water partition coefficient (Wildman–Crippen LogP) is 3.61. The fourth-order valence-corrected chi connectivity index (χ4v) is 3.42. The maximum atomic E-state index is 5.64. The molecule has 0 amide bonds. The number of ether oxygens (including phenoxy) is 1. The Hall–Kier alpha value is -1.33. The molecule has 5 heteroatoms. The van der Waals surface area contributed by atoms with Gasteiger partial charge in [-0.05, 0) is 38.8 Å². The summed E-state index contributed by atoms with van der Waals surface area (Å²) >= 11 is 1.84. The van der Waals surface area contributed by atoms with Crippen molar-refractivity contribution in [2.24, 2.45) is 0 Å². The Morgan fingerprint density at radius 2 is 2.45 bits per heavy atom. The molecule has 0 saturated carbocycles. The van der Waals surface area contributed by atoms with E-state index in [9.17, 15) is 0 Å². The molecular weight excluding hydrogens is 270 g/mol. The number of thiophene rings is 1. The zero-order valence-electron chi connectivity index (χ0n) is 12.0. The van der Waals surface area contributed by atoms with Crippen molar-refractivity contribution in [3.8, 4) is 0 Å². The van der Waals surface area contributed by atoms with Crippen molar-refractivity contribution in [2.45, 2.75) is 45.4 Å². The van der Waals surface area contributed by atoms with E-state index in [0.717, 1.165) is 25.3 Å². The summed E-state index contributed by atoms with van der Waals surface area (Å²) in [5, 5.41) is 7.91.